The Balaban J connectivity index is 1.75. The minimum Gasteiger partial charge on any atom is -0.383 e. The Bertz CT molecular complexity index is 317. The fourth-order valence-corrected chi connectivity index (χ4v) is 2.21. The monoisotopic (exact) mass is 233 g/mol. The van der Waals surface area contributed by atoms with Crippen LogP contribution >= 0.6 is 0 Å². The highest BCUT2D eigenvalue weighted by atomic mass is 15.3. The molecule has 1 unspecified atom stereocenters. The number of anilines is 1. The molecular weight excluding hydrogens is 210 g/mol. The number of hydrogen-bond donors (Lipinski definition) is 1. The van der Waals surface area contributed by atoms with Crippen LogP contribution in [0.5, 0.6) is 0 Å². The normalized spacial score (nSPS) is 20.1. The van der Waals surface area contributed by atoms with E-state index in [4.69, 9.17) is 0 Å². The Labute approximate surface area is 104 Å². The minimum atomic E-state index is 0.601. The van der Waals surface area contributed by atoms with Crippen molar-refractivity contribution in [3.63, 3.8) is 0 Å². The van der Waals surface area contributed by atoms with Crippen molar-refractivity contribution in [1.29, 1.82) is 0 Å². The first-order chi connectivity index (χ1) is 8.25. The number of nitrogens with one attached hydrogen (secondary N) is 1. The number of rotatable bonds is 4. The summed E-state index contributed by atoms with van der Waals surface area (Å²) in [6.45, 7) is 8.09. The van der Waals surface area contributed by atoms with Crippen LogP contribution in [0, 0.1) is 0 Å². The third-order valence-electron chi connectivity index (χ3n) is 3.54. The van der Waals surface area contributed by atoms with Gasteiger partial charge in [-0.2, -0.15) is 0 Å². The van der Waals surface area contributed by atoms with Crippen LogP contribution in [0.4, 0.5) is 5.69 Å². The number of hydrogen-bond acceptors (Lipinski definition) is 3. The molecule has 2 rings (SSSR count). The molecule has 1 fully saturated rings. The summed E-state index contributed by atoms with van der Waals surface area (Å²) >= 11 is 0. The first kappa shape index (κ1) is 12.4. The lowest BCUT2D eigenvalue weighted by atomic mass is 10.2. The smallest absolute Gasteiger partial charge is 0.0340 e. The maximum absolute atomic E-state index is 3.50. The van der Waals surface area contributed by atoms with Gasteiger partial charge in [-0.3, -0.25) is 4.90 Å². The van der Waals surface area contributed by atoms with Crippen molar-refractivity contribution in [1.82, 2.24) is 9.80 Å². The minimum absolute atomic E-state index is 0.601. The highest BCUT2D eigenvalue weighted by Crippen LogP contribution is 2.08. The predicted octanol–water partition coefficient (Wildman–Crippen LogP) is 1.73. The summed E-state index contributed by atoms with van der Waals surface area (Å²) in [5.41, 5.74) is 1.22. The molecular formula is C14H23N3. The molecule has 3 nitrogen and oxygen atoms in total. The summed E-state index contributed by atoms with van der Waals surface area (Å²) in [5, 5.41) is 3.50. The van der Waals surface area contributed by atoms with Crippen LogP contribution in [0.25, 0.3) is 0 Å². The third kappa shape index (κ3) is 3.72. The van der Waals surface area contributed by atoms with E-state index in [-0.39, 0.29) is 0 Å². The molecule has 0 aromatic heterocycles. The second-order valence-electron chi connectivity index (χ2n) is 4.94. The molecule has 0 radical (unpaired) electrons. The molecule has 0 aliphatic carbocycles. The molecule has 1 atom stereocenters. The molecule has 0 saturated carbocycles. The standard InChI is InChI=1S/C14H23N3/c1-13(17-10-8-16(2)9-11-17)12-15-14-6-4-3-5-7-14/h3-7,13,15H,8-12H2,1-2H3. The lowest BCUT2D eigenvalue weighted by Crippen LogP contribution is -2.49. The van der Waals surface area contributed by atoms with E-state index in [1.807, 2.05) is 0 Å². The van der Waals surface area contributed by atoms with Crippen LogP contribution in [-0.2, 0) is 0 Å². The van der Waals surface area contributed by atoms with Gasteiger partial charge in [-0.15, -0.1) is 0 Å². The maximum Gasteiger partial charge on any atom is 0.0340 e. The molecule has 1 aromatic rings. The first-order valence-corrected chi connectivity index (χ1v) is 6.47. The molecule has 1 aromatic carbocycles. The van der Waals surface area contributed by atoms with Crippen molar-refractivity contribution in [3.8, 4) is 0 Å². The molecule has 0 amide bonds. The van der Waals surface area contributed by atoms with Crippen LogP contribution in [-0.4, -0.2) is 55.6 Å². The second-order valence-corrected chi connectivity index (χ2v) is 4.94. The van der Waals surface area contributed by atoms with E-state index >= 15 is 0 Å². The summed E-state index contributed by atoms with van der Waals surface area (Å²) in [5.74, 6) is 0. The first-order valence-electron chi connectivity index (χ1n) is 6.47. The van der Waals surface area contributed by atoms with Gasteiger partial charge in [-0.05, 0) is 26.1 Å². The lowest BCUT2D eigenvalue weighted by Gasteiger charge is -2.36. The Morgan fingerprint density at radius 1 is 1.12 bits per heavy atom. The van der Waals surface area contributed by atoms with Gasteiger partial charge in [-0.1, -0.05) is 18.2 Å². The molecule has 1 heterocycles. The van der Waals surface area contributed by atoms with Gasteiger partial charge < -0.3 is 10.2 Å². The van der Waals surface area contributed by atoms with Crippen LogP contribution in [0.3, 0.4) is 0 Å². The van der Waals surface area contributed by atoms with Gasteiger partial charge in [0.2, 0.25) is 0 Å². The lowest BCUT2D eigenvalue weighted by molar-refractivity contribution is 0.123. The van der Waals surface area contributed by atoms with Crippen molar-refractivity contribution in [3.05, 3.63) is 30.3 Å². The zero-order chi connectivity index (χ0) is 12.1. The number of benzene rings is 1. The molecule has 1 N–H and O–H groups in total. The molecule has 94 valence electrons. The van der Waals surface area contributed by atoms with Gasteiger partial charge >= 0.3 is 0 Å². The number of nitrogens with zero attached hydrogens (tertiary/aromatic N) is 2. The van der Waals surface area contributed by atoms with Gasteiger partial charge in [0.1, 0.15) is 0 Å². The van der Waals surface area contributed by atoms with E-state index in [1.54, 1.807) is 0 Å². The molecule has 17 heavy (non-hydrogen) atoms. The third-order valence-corrected chi connectivity index (χ3v) is 3.54. The van der Waals surface area contributed by atoms with Gasteiger partial charge in [0, 0.05) is 44.5 Å². The Kier molecular flexibility index (Phi) is 4.40. The number of likely N-dealkylation sites (N-methyl/N-ethyl adjacent to an activating group) is 1. The van der Waals surface area contributed by atoms with E-state index in [0.29, 0.717) is 6.04 Å². The topological polar surface area (TPSA) is 18.5 Å². The average molecular weight is 233 g/mol. The molecule has 1 aliphatic rings. The Morgan fingerprint density at radius 3 is 2.41 bits per heavy atom. The molecule has 0 bridgehead atoms. The summed E-state index contributed by atoms with van der Waals surface area (Å²) in [6, 6.07) is 11.0. The average Bonchev–Trinajstić information content (AvgIpc) is 2.38. The van der Waals surface area contributed by atoms with E-state index in [2.05, 4.69) is 59.4 Å². The van der Waals surface area contributed by atoms with E-state index < -0.39 is 0 Å². The Hall–Kier alpha value is -1.06. The fraction of sp³-hybridized carbons (Fsp3) is 0.571. The second kappa shape index (κ2) is 6.03. The van der Waals surface area contributed by atoms with Crippen LogP contribution in [0.1, 0.15) is 6.92 Å². The van der Waals surface area contributed by atoms with Crippen LogP contribution in [0.15, 0.2) is 30.3 Å². The molecule has 1 saturated heterocycles. The van der Waals surface area contributed by atoms with E-state index in [9.17, 15) is 0 Å². The SMILES string of the molecule is CC(CNc1ccccc1)N1CCN(C)CC1. The number of para-hydroxylation sites is 1. The van der Waals surface area contributed by atoms with Gasteiger partial charge in [-0.25, -0.2) is 0 Å². The van der Waals surface area contributed by atoms with Crippen molar-refractivity contribution in [2.24, 2.45) is 0 Å². The summed E-state index contributed by atoms with van der Waals surface area (Å²) in [4.78, 5) is 4.96. The highest BCUT2D eigenvalue weighted by Gasteiger charge is 2.18. The van der Waals surface area contributed by atoms with Crippen LogP contribution < -0.4 is 5.32 Å². The summed E-state index contributed by atoms with van der Waals surface area (Å²) < 4.78 is 0. The summed E-state index contributed by atoms with van der Waals surface area (Å²) in [6.07, 6.45) is 0. The fourth-order valence-electron chi connectivity index (χ4n) is 2.21. The molecule has 0 spiro atoms. The van der Waals surface area contributed by atoms with Crippen molar-refractivity contribution < 1.29 is 0 Å². The number of piperazine rings is 1. The largest absolute Gasteiger partial charge is 0.383 e. The van der Waals surface area contributed by atoms with Crippen LogP contribution in [0.2, 0.25) is 0 Å². The van der Waals surface area contributed by atoms with Gasteiger partial charge in [0.05, 0.1) is 0 Å². The predicted molar refractivity (Wildman–Crippen MR) is 73.5 cm³/mol. The Morgan fingerprint density at radius 2 is 1.76 bits per heavy atom. The van der Waals surface area contributed by atoms with E-state index in [0.717, 1.165) is 6.54 Å². The highest BCUT2D eigenvalue weighted by molar-refractivity contribution is 5.42. The molecule has 1 aliphatic heterocycles. The maximum atomic E-state index is 3.50. The van der Waals surface area contributed by atoms with Crippen molar-refractivity contribution in [2.75, 3.05) is 45.1 Å². The van der Waals surface area contributed by atoms with Gasteiger partial charge in [0.25, 0.3) is 0 Å². The zero-order valence-corrected chi connectivity index (χ0v) is 10.9. The van der Waals surface area contributed by atoms with Gasteiger partial charge in [0.15, 0.2) is 0 Å². The summed E-state index contributed by atoms with van der Waals surface area (Å²) in [7, 11) is 2.20. The molecule has 3 heteroatoms. The quantitative estimate of drug-likeness (QED) is 0.854. The van der Waals surface area contributed by atoms with Crippen molar-refractivity contribution in [2.45, 2.75) is 13.0 Å². The van der Waals surface area contributed by atoms with Crippen molar-refractivity contribution >= 4 is 5.69 Å². The zero-order valence-electron chi connectivity index (χ0n) is 10.9. The van der Waals surface area contributed by atoms with E-state index in [1.165, 1.54) is 31.9 Å².